The summed E-state index contributed by atoms with van der Waals surface area (Å²) >= 11 is 0. The molecule has 5 nitrogen and oxygen atoms in total. The van der Waals surface area contributed by atoms with Crippen LogP contribution in [0, 0.1) is 11.3 Å². The van der Waals surface area contributed by atoms with Gasteiger partial charge < -0.3 is 16.0 Å². The summed E-state index contributed by atoms with van der Waals surface area (Å²) in [6, 6.07) is 0.333. The third-order valence-corrected chi connectivity index (χ3v) is 3.13. The number of hydrogen-bond donors (Lipinski definition) is 3. The average molecular weight is 256 g/mol. The standard InChI is InChI=1S/C13H28N4O/c1-9(2)10(3)17-12(15-7)16-8-13(4,5)11(18)14-6/h9-10H,8H2,1-7H3,(H,14,18)(H2,15,16,17). The Morgan fingerprint density at radius 1 is 1.28 bits per heavy atom. The number of rotatable bonds is 5. The lowest BCUT2D eigenvalue weighted by atomic mass is 9.92. The molecular formula is C13H28N4O. The summed E-state index contributed by atoms with van der Waals surface area (Å²) in [6.07, 6.45) is 0. The smallest absolute Gasteiger partial charge is 0.227 e. The van der Waals surface area contributed by atoms with Crippen LogP contribution in [0.2, 0.25) is 0 Å². The van der Waals surface area contributed by atoms with Gasteiger partial charge in [-0.15, -0.1) is 0 Å². The third-order valence-electron chi connectivity index (χ3n) is 3.13. The van der Waals surface area contributed by atoms with E-state index in [1.807, 2.05) is 13.8 Å². The van der Waals surface area contributed by atoms with E-state index < -0.39 is 5.41 Å². The number of nitrogens with zero attached hydrogens (tertiary/aromatic N) is 1. The van der Waals surface area contributed by atoms with E-state index in [1.165, 1.54) is 0 Å². The molecule has 0 heterocycles. The fraction of sp³-hybridized carbons (Fsp3) is 0.846. The van der Waals surface area contributed by atoms with E-state index in [-0.39, 0.29) is 5.91 Å². The van der Waals surface area contributed by atoms with Crippen LogP contribution in [-0.2, 0) is 4.79 Å². The quantitative estimate of drug-likeness (QED) is 0.507. The zero-order valence-electron chi connectivity index (χ0n) is 12.7. The highest BCUT2D eigenvalue weighted by atomic mass is 16.2. The predicted octanol–water partition coefficient (Wildman–Crippen LogP) is 0.968. The second kappa shape index (κ2) is 7.24. The van der Waals surface area contributed by atoms with Gasteiger partial charge in [-0.2, -0.15) is 0 Å². The molecule has 3 N–H and O–H groups in total. The molecule has 0 aliphatic carbocycles. The molecular weight excluding hydrogens is 228 g/mol. The van der Waals surface area contributed by atoms with E-state index in [1.54, 1.807) is 14.1 Å². The van der Waals surface area contributed by atoms with Crippen molar-refractivity contribution >= 4 is 11.9 Å². The van der Waals surface area contributed by atoms with Gasteiger partial charge in [-0.3, -0.25) is 9.79 Å². The van der Waals surface area contributed by atoms with Crippen molar-refractivity contribution in [1.29, 1.82) is 0 Å². The summed E-state index contributed by atoms with van der Waals surface area (Å²) in [7, 11) is 3.38. The second-order valence-electron chi connectivity index (χ2n) is 5.57. The summed E-state index contributed by atoms with van der Waals surface area (Å²) in [6.45, 7) is 10.8. The van der Waals surface area contributed by atoms with Gasteiger partial charge in [0.05, 0.1) is 5.41 Å². The molecule has 106 valence electrons. The van der Waals surface area contributed by atoms with Gasteiger partial charge in [0.15, 0.2) is 5.96 Å². The zero-order valence-corrected chi connectivity index (χ0v) is 12.7. The number of nitrogens with one attached hydrogen (secondary N) is 3. The van der Waals surface area contributed by atoms with Crippen LogP contribution in [0.1, 0.15) is 34.6 Å². The minimum absolute atomic E-state index is 0.0161. The first-order chi connectivity index (χ1) is 8.24. The lowest BCUT2D eigenvalue weighted by Crippen LogP contribution is -2.49. The fourth-order valence-corrected chi connectivity index (χ4v) is 1.30. The Kier molecular flexibility index (Phi) is 6.73. The van der Waals surface area contributed by atoms with Gasteiger partial charge in [0.2, 0.25) is 5.91 Å². The number of aliphatic imine (C=N–C) groups is 1. The van der Waals surface area contributed by atoms with Crippen LogP contribution in [-0.4, -0.2) is 38.5 Å². The Hall–Kier alpha value is -1.26. The lowest BCUT2D eigenvalue weighted by molar-refractivity contribution is -0.128. The van der Waals surface area contributed by atoms with E-state index in [4.69, 9.17) is 0 Å². The third kappa shape index (κ3) is 5.38. The van der Waals surface area contributed by atoms with Crippen LogP contribution < -0.4 is 16.0 Å². The van der Waals surface area contributed by atoms with E-state index >= 15 is 0 Å². The Bertz CT molecular complexity index is 297. The number of amides is 1. The molecule has 0 aromatic rings. The normalized spacial score (nSPS) is 14.3. The molecule has 5 heteroatoms. The van der Waals surface area contributed by atoms with Crippen LogP contribution in [0.25, 0.3) is 0 Å². The monoisotopic (exact) mass is 256 g/mol. The summed E-state index contributed by atoms with van der Waals surface area (Å²) in [5.74, 6) is 1.27. The van der Waals surface area contributed by atoms with E-state index in [9.17, 15) is 4.79 Å². The largest absolute Gasteiger partial charge is 0.359 e. The fourth-order valence-electron chi connectivity index (χ4n) is 1.30. The van der Waals surface area contributed by atoms with Gasteiger partial charge in [0.1, 0.15) is 0 Å². The molecule has 0 radical (unpaired) electrons. The molecule has 0 saturated heterocycles. The highest BCUT2D eigenvalue weighted by Gasteiger charge is 2.26. The van der Waals surface area contributed by atoms with Crippen molar-refractivity contribution < 1.29 is 4.79 Å². The minimum Gasteiger partial charge on any atom is -0.359 e. The molecule has 0 rings (SSSR count). The van der Waals surface area contributed by atoms with E-state index in [2.05, 4.69) is 41.7 Å². The van der Waals surface area contributed by atoms with Crippen molar-refractivity contribution in [3.8, 4) is 0 Å². The first kappa shape index (κ1) is 16.7. The first-order valence-electron chi connectivity index (χ1n) is 6.44. The summed E-state index contributed by atoms with van der Waals surface area (Å²) in [5, 5.41) is 9.16. The van der Waals surface area contributed by atoms with E-state index in [0.717, 1.165) is 5.96 Å². The number of hydrogen-bond acceptors (Lipinski definition) is 2. The number of carbonyl (C=O) groups is 1. The topological polar surface area (TPSA) is 65.5 Å². The maximum Gasteiger partial charge on any atom is 0.227 e. The zero-order chi connectivity index (χ0) is 14.3. The van der Waals surface area contributed by atoms with Crippen molar-refractivity contribution in [3.05, 3.63) is 0 Å². The molecule has 1 amide bonds. The molecule has 0 aliphatic heterocycles. The number of carbonyl (C=O) groups excluding carboxylic acids is 1. The van der Waals surface area contributed by atoms with Gasteiger partial charge in [-0.05, 0) is 26.7 Å². The molecule has 0 aliphatic rings. The van der Waals surface area contributed by atoms with Crippen molar-refractivity contribution in [3.63, 3.8) is 0 Å². The van der Waals surface area contributed by atoms with Crippen LogP contribution >= 0.6 is 0 Å². The Morgan fingerprint density at radius 2 is 1.83 bits per heavy atom. The average Bonchev–Trinajstić information content (AvgIpc) is 2.32. The van der Waals surface area contributed by atoms with Crippen molar-refractivity contribution in [2.24, 2.45) is 16.3 Å². The van der Waals surface area contributed by atoms with E-state index in [0.29, 0.717) is 18.5 Å². The molecule has 0 fully saturated rings. The molecule has 0 spiro atoms. The maximum atomic E-state index is 11.7. The second-order valence-corrected chi connectivity index (χ2v) is 5.57. The van der Waals surface area contributed by atoms with Crippen molar-refractivity contribution in [1.82, 2.24) is 16.0 Å². The summed E-state index contributed by atoms with van der Waals surface area (Å²) in [5.41, 5.74) is -0.465. The summed E-state index contributed by atoms with van der Waals surface area (Å²) < 4.78 is 0. The lowest BCUT2D eigenvalue weighted by Gasteiger charge is -2.26. The van der Waals surface area contributed by atoms with Gasteiger partial charge in [0.25, 0.3) is 0 Å². The molecule has 0 bridgehead atoms. The SMILES string of the molecule is CN=C(NCC(C)(C)C(=O)NC)NC(C)C(C)C. The Labute approximate surface area is 111 Å². The minimum atomic E-state index is -0.465. The Morgan fingerprint density at radius 3 is 2.22 bits per heavy atom. The molecule has 0 aromatic heterocycles. The van der Waals surface area contributed by atoms with Gasteiger partial charge in [-0.25, -0.2) is 0 Å². The van der Waals surface area contributed by atoms with Gasteiger partial charge >= 0.3 is 0 Å². The van der Waals surface area contributed by atoms with Gasteiger partial charge in [0, 0.05) is 26.7 Å². The summed E-state index contributed by atoms with van der Waals surface area (Å²) in [4.78, 5) is 15.8. The molecule has 1 unspecified atom stereocenters. The first-order valence-corrected chi connectivity index (χ1v) is 6.44. The predicted molar refractivity (Wildman–Crippen MR) is 76.6 cm³/mol. The molecule has 0 saturated carbocycles. The van der Waals surface area contributed by atoms with Crippen LogP contribution in [0.15, 0.2) is 4.99 Å². The van der Waals surface area contributed by atoms with Crippen LogP contribution in [0.4, 0.5) is 0 Å². The highest BCUT2D eigenvalue weighted by molar-refractivity contribution is 5.84. The van der Waals surface area contributed by atoms with Crippen LogP contribution in [0.5, 0.6) is 0 Å². The Balaban J connectivity index is 4.37. The van der Waals surface area contributed by atoms with Crippen LogP contribution in [0.3, 0.4) is 0 Å². The molecule has 1 atom stereocenters. The number of guanidine groups is 1. The van der Waals surface area contributed by atoms with Crippen molar-refractivity contribution in [2.45, 2.75) is 40.7 Å². The molecule has 0 aromatic carbocycles. The highest BCUT2D eigenvalue weighted by Crippen LogP contribution is 2.13. The molecule has 18 heavy (non-hydrogen) atoms. The van der Waals surface area contributed by atoms with Crippen molar-refractivity contribution in [2.75, 3.05) is 20.6 Å². The maximum absolute atomic E-state index is 11.7. The van der Waals surface area contributed by atoms with Gasteiger partial charge in [-0.1, -0.05) is 13.8 Å².